The fourth-order valence-electron chi connectivity index (χ4n) is 3.48. The fourth-order valence-corrected chi connectivity index (χ4v) is 3.48. The van der Waals surface area contributed by atoms with E-state index in [0.29, 0.717) is 11.7 Å². The summed E-state index contributed by atoms with van der Waals surface area (Å²) in [6.07, 6.45) is 3.82. The zero-order chi connectivity index (χ0) is 17.4. The Hall–Kier alpha value is -2.96. The molecule has 2 aromatic heterocycles. The van der Waals surface area contributed by atoms with Crippen LogP contribution in [-0.2, 0) is 0 Å². The number of rotatable bonds is 3. The maximum atomic E-state index is 13.6. The number of hydrogen-bond donors (Lipinski definition) is 2. The van der Waals surface area contributed by atoms with Gasteiger partial charge in [-0.15, -0.1) is 10.2 Å². The molecule has 0 saturated carbocycles. The van der Waals surface area contributed by atoms with Gasteiger partial charge in [0.2, 0.25) is 0 Å². The van der Waals surface area contributed by atoms with Crippen molar-refractivity contribution in [1.82, 2.24) is 15.2 Å². The standard InChI is InChI=1S/C18H17FN4O2/c19-12-1-2-15-13(9-12)14(10-20-15)11-5-7-23(8-6-11)17-4-3-16(18(24)25)21-22-17/h1-4,9-11,20H,5-8H2,(H,24,25). The Bertz CT molecular complexity index is 914. The number of fused-ring (bicyclic) bond motifs is 1. The minimum Gasteiger partial charge on any atom is -0.476 e. The highest BCUT2D eigenvalue weighted by Crippen LogP contribution is 2.34. The van der Waals surface area contributed by atoms with Crippen LogP contribution in [0.25, 0.3) is 10.9 Å². The van der Waals surface area contributed by atoms with Gasteiger partial charge in [0.1, 0.15) is 5.82 Å². The van der Waals surface area contributed by atoms with Gasteiger partial charge < -0.3 is 15.0 Å². The molecular weight excluding hydrogens is 323 g/mol. The summed E-state index contributed by atoms with van der Waals surface area (Å²) < 4.78 is 13.6. The molecule has 0 aliphatic carbocycles. The van der Waals surface area contributed by atoms with E-state index in [1.165, 1.54) is 12.1 Å². The average molecular weight is 340 g/mol. The average Bonchev–Trinajstić information content (AvgIpc) is 3.05. The fraction of sp³-hybridized carbons (Fsp3) is 0.278. The Morgan fingerprint density at radius 1 is 1.20 bits per heavy atom. The summed E-state index contributed by atoms with van der Waals surface area (Å²) in [5, 5.41) is 17.6. The number of halogens is 1. The lowest BCUT2D eigenvalue weighted by Crippen LogP contribution is -2.33. The number of carboxylic acids is 1. The number of piperidine rings is 1. The van der Waals surface area contributed by atoms with Crippen molar-refractivity contribution in [3.8, 4) is 0 Å². The lowest BCUT2D eigenvalue weighted by atomic mass is 9.89. The highest BCUT2D eigenvalue weighted by molar-refractivity contribution is 5.85. The lowest BCUT2D eigenvalue weighted by molar-refractivity contribution is 0.0689. The topological polar surface area (TPSA) is 82.1 Å². The van der Waals surface area contributed by atoms with Crippen LogP contribution in [0, 0.1) is 5.82 Å². The Balaban J connectivity index is 1.49. The van der Waals surface area contributed by atoms with Crippen LogP contribution < -0.4 is 4.90 Å². The molecule has 4 rings (SSSR count). The van der Waals surface area contributed by atoms with Crippen molar-refractivity contribution in [3.63, 3.8) is 0 Å². The second-order valence-electron chi connectivity index (χ2n) is 6.28. The maximum Gasteiger partial charge on any atom is 0.356 e. The van der Waals surface area contributed by atoms with Crippen LogP contribution >= 0.6 is 0 Å². The predicted octanol–water partition coefficient (Wildman–Crippen LogP) is 3.18. The number of aromatic carboxylic acids is 1. The summed E-state index contributed by atoms with van der Waals surface area (Å²) >= 11 is 0. The van der Waals surface area contributed by atoms with Gasteiger partial charge in [-0.3, -0.25) is 0 Å². The molecular formula is C18H17FN4O2. The van der Waals surface area contributed by atoms with Crippen molar-refractivity contribution in [3.05, 3.63) is 53.6 Å². The third-order valence-corrected chi connectivity index (χ3v) is 4.80. The largest absolute Gasteiger partial charge is 0.476 e. The minimum atomic E-state index is -1.08. The molecule has 7 heteroatoms. The molecule has 1 aliphatic rings. The first-order chi connectivity index (χ1) is 12.1. The van der Waals surface area contributed by atoms with Gasteiger partial charge in [0.15, 0.2) is 11.5 Å². The van der Waals surface area contributed by atoms with Crippen molar-refractivity contribution >= 4 is 22.7 Å². The Morgan fingerprint density at radius 2 is 2.00 bits per heavy atom. The minimum absolute atomic E-state index is 0.0561. The second-order valence-corrected chi connectivity index (χ2v) is 6.28. The van der Waals surface area contributed by atoms with Crippen molar-refractivity contribution in [2.45, 2.75) is 18.8 Å². The molecule has 6 nitrogen and oxygen atoms in total. The number of H-pyrrole nitrogens is 1. The monoisotopic (exact) mass is 340 g/mol. The molecule has 2 N–H and O–H groups in total. The number of carbonyl (C=O) groups is 1. The molecule has 0 bridgehead atoms. The van der Waals surface area contributed by atoms with Crippen molar-refractivity contribution < 1.29 is 14.3 Å². The number of hydrogen-bond acceptors (Lipinski definition) is 4. The SMILES string of the molecule is O=C(O)c1ccc(N2CCC(c3c[nH]c4ccc(F)cc34)CC2)nn1. The van der Waals surface area contributed by atoms with Gasteiger partial charge in [0.05, 0.1) is 0 Å². The summed E-state index contributed by atoms with van der Waals surface area (Å²) in [5.74, 6) is -0.254. The smallest absolute Gasteiger partial charge is 0.356 e. The summed E-state index contributed by atoms with van der Waals surface area (Å²) in [6.45, 7) is 1.60. The van der Waals surface area contributed by atoms with Crippen LogP contribution in [0.15, 0.2) is 36.5 Å². The normalized spacial score (nSPS) is 15.6. The number of aromatic amines is 1. The van der Waals surface area contributed by atoms with E-state index < -0.39 is 5.97 Å². The van der Waals surface area contributed by atoms with Crippen LogP contribution in [0.1, 0.15) is 34.8 Å². The molecule has 0 spiro atoms. The van der Waals surface area contributed by atoms with Gasteiger partial charge >= 0.3 is 5.97 Å². The number of nitrogens with zero attached hydrogens (tertiary/aromatic N) is 3. The molecule has 25 heavy (non-hydrogen) atoms. The molecule has 1 saturated heterocycles. The van der Waals surface area contributed by atoms with Crippen LogP contribution in [0.4, 0.5) is 10.2 Å². The second kappa shape index (κ2) is 6.16. The van der Waals surface area contributed by atoms with Gasteiger partial charge in [-0.05, 0) is 54.7 Å². The quantitative estimate of drug-likeness (QED) is 0.765. The van der Waals surface area contributed by atoms with Gasteiger partial charge in [0.25, 0.3) is 0 Å². The van der Waals surface area contributed by atoms with E-state index in [1.807, 2.05) is 6.20 Å². The van der Waals surface area contributed by atoms with E-state index in [9.17, 15) is 9.18 Å². The number of carboxylic acid groups (broad SMARTS) is 1. The van der Waals surface area contributed by atoms with E-state index in [4.69, 9.17) is 5.11 Å². The van der Waals surface area contributed by atoms with E-state index in [-0.39, 0.29) is 11.5 Å². The van der Waals surface area contributed by atoms with Gasteiger partial charge in [-0.1, -0.05) is 0 Å². The van der Waals surface area contributed by atoms with Crippen molar-refractivity contribution in [1.29, 1.82) is 0 Å². The Morgan fingerprint density at radius 3 is 2.68 bits per heavy atom. The Kier molecular flexibility index (Phi) is 3.83. The van der Waals surface area contributed by atoms with E-state index in [2.05, 4.69) is 20.1 Å². The number of anilines is 1. The van der Waals surface area contributed by atoms with Crippen molar-refractivity contribution in [2.75, 3.05) is 18.0 Å². The predicted molar refractivity (Wildman–Crippen MR) is 91.4 cm³/mol. The summed E-state index contributed by atoms with van der Waals surface area (Å²) in [7, 11) is 0. The molecule has 128 valence electrons. The third kappa shape index (κ3) is 2.93. The highest BCUT2D eigenvalue weighted by atomic mass is 19.1. The van der Waals surface area contributed by atoms with E-state index in [0.717, 1.165) is 42.4 Å². The maximum absolute atomic E-state index is 13.6. The zero-order valence-corrected chi connectivity index (χ0v) is 13.4. The van der Waals surface area contributed by atoms with Gasteiger partial charge in [0, 0.05) is 30.2 Å². The Labute approximate surface area is 143 Å². The van der Waals surface area contributed by atoms with Crippen molar-refractivity contribution in [2.24, 2.45) is 0 Å². The van der Waals surface area contributed by atoms with Crippen LogP contribution in [-0.4, -0.2) is 39.3 Å². The van der Waals surface area contributed by atoms with E-state index in [1.54, 1.807) is 18.2 Å². The third-order valence-electron chi connectivity index (χ3n) is 4.80. The number of nitrogens with one attached hydrogen (secondary N) is 1. The highest BCUT2D eigenvalue weighted by Gasteiger charge is 2.24. The molecule has 0 atom stereocenters. The summed E-state index contributed by atoms with van der Waals surface area (Å²) in [5.41, 5.74) is 2.05. The molecule has 1 aromatic carbocycles. The van der Waals surface area contributed by atoms with E-state index >= 15 is 0 Å². The molecule has 1 aliphatic heterocycles. The van der Waals surface area contributed by atoms with Crippen LogP contribution in [0.3, 0.4) is 0 Å². The van der Waals surface area contributed by atoms with Crippen LogP contribution in [0.5, 0.6) is 0 Å². The summed E-state index contributed by atoms with van der Waals surface area (Å²) in [6, 6.07) is 7.98. The first kappa shape index (κ1) is 15.6. The number of aromatic nitrogens is 3. The first-order valence-electron chi connectivity index (χ1n) is 8.20. The molecule has 1 fully saturated rings. The lowest BCUT2D eigenvalue weighted by Gasteiger charge is -2.32. The number of benzene rings is 1. The molecule has 0 amide bonds. The molecule has 3 heterocycles. The van der Waals surface area contributed by atoms with Gasteiger partial charge in [-0.2, -0.15) is 0 Å². The first-order valence-corrected chi connectivity index (χ1v) is 8.20. The summed E-state index contributed by atoms with van der Waals surface area (Å²) in [4.78, 5) is 16.2. The zero-order valence-electron chi connectivity index (χ0n) is 13.4. The van der Waals surface area contributed by atoms with Crippen LogP contribution in [0.2, 0.25) is 0 Å². The molecule has 3 aromatic rings. The van der Waals surface area contributed by atoms with Gasteiger partial charge in [-0.25, -0.2) is 9.18 Å². The molecule has 0 unspecified atom stereocenters. The molecule has 0 radical (unpaired) electrons.